The Morgan fingerprint density at radius 3 is 2.59 bits per heavy atom. The lowest BCUT2D eigenvalue weighted by atomic mass is 10.0. The predicted molar refractivity (Wildman–Crippen MR) is 107 cm³/mol. The van der Waals surface area contributed by atoms with Gasteiger partial charge in [0.1, 0.15) is 0 Å². The highest BCUT2D eigenvalue weighted by molar-refractivity contribution is 6.05. The maximum absolute atomic E-state index is 12.9. The fraction of sp³-hybridized carbons (Fsp3) is 0.182. The van der Waals surface area contributed by atoms with Crippen molar-refractivity contribution in [2.75, 3.05) is 10.6 Å². The lowest BCUT2D eigenvalue weighted by molar-refractivity contribution is -0.116. The van der Waals surface area contributed by atoms with Gasteiger partial charge in [-0.05, 0) is 62.2 Å². The van der Waals surface area contributed by atoms with Crippen LogP contribution in [0.3, 0.4) is 0 Å². The van der Waals surface area contributed by atoms with Gasteiger partial charge in [0, 0.05) is 34.9 Å². The highest BCUT2D eigenvalue weighted by atomic mass is 16.2. The number of benzene rings is 2. The number of hydrogen-bond donors (Lipinski definition) is 2. The summed E-state index contributed by atoms with van der Waals surface area (Å²) in [5.74, 6) is -0.0993. The summed E-state index contributed by atoms with van der Waals surface area (Å²) in [6, 6.07) is 17.5. The number of carbonyl (C=O) groups excluding carboxylic acids is 2. The first-order valence-corrected chi connectivity index (χ1v) is 9.01. The second-order valence-electron chi connectivity index (χ2n) is 6.83. The van der Waals surface area contributed by atoms with Crippen LogP contribution in [0.5, 0.6) is 0 Å². The zero-order valence-electron chi connectivity index (χ0n) is 15.4. The van der Waals surface area contributed by atoms with Gasteiger partial charge in [-0.3, -0.25) is 9.59 Å². The van der Waals surface area contributed by atoms with Crippen molar-refractivity contribution in [2.45, 2.75) is 26.7 Å². The Morgan fingerprint density at radius 1 is 1.04 bits per heavy atom. The van der Waals surface area contributed by atoms with Crippen LogP contribution < -0.4 is 10.6 Å². The standard InChI is InChI=1S/C22H21N3O2/c1-14-12-19(15(2)25(14)18-6-4-3-5-7-18)22(27)23-17-9-10-20-16(13-17)8-11-21(26)24-20/h3-7,9-10,12-13H,8,11H2,1-2H3,(H,23,27)(H,24,26). The summed E-state index contributed by atoms with van der Waals surface area (Å²) in [4.78, 5) is 24.3. The molecule has 0 saturated heterocycles. The van der Waals surface area contributed by atoms with E-state index < -0.39 is 0 Å². The third-order valence-corrected chi connectivity index (χ3v) is 4.95. The van der Waals surface area contributed by atoms with E-state index in [9.17, 15) is 9.59 Å². The Hall–Kier alpha value is -3.34. The maximum atomic E-state index is 12.9. The average molecular weight is 359 g/mol. The summed E-state index contributed by atoms with van der Waals surface area (Å²) in [5.41, 5.74) is 6.21. The first-order valence-electron chi connectivity index (χ1n) is 9.01. The van der Waals surface area contributed by atoms with Gasteiger partial charge in [0.05, 0.1) is 5.56 Å². The third-order valence-electron chi connectivity index (χ3n) is 4.95. The summed E-state index contributed by atoms with van der Waals surface area (Å²) in [6.07, 6.45) is 1.16. The van der Waals surface area contributed by atoms with E-state index >= 15 is 0 Å². The fourth-order valence-corrected chi connectivity index (χ4v) is 3.63. The fourth-order valence-electron chi connectivity index (χ4n) is 3.63. The molecule has 0 fully saturated rings. The van der Waals surface area contributed by atoms with Crippen LogP contribution in [0.15, 0.2) is 54.6 Å². The van der Waals surface area contributed by atoms with Crippen LogP contribution in [0.4, 0.5) is 11.4 Å². The van der Waals surface area contributed by atoms with Crippen LogP contribution in [-0.4, -0.2) is 16.4 Å². The second kappa shape index (κ2) is 6.76. The topological polar surface area (TPSA) is 63.1 Å². The number of anilines is 2. The number of carbonyl (C=O) groups is 2. The number of nitrogens with zero attached hydrogens (tertiary/aromatic N) is 1. The van der Waals surface area contributed by atoms with Crippen LogP contribution in [-0.2, 0) is 11.2 Å². The summed E-state index contributed by atoms with van der Waals surface area (Å²) in [6.45, 7) is 3.95. The molecule has 2 heterocycles. The van der Waals surface area contributed by atoms with E-state index in [-0.39, 0.29) is 11.8 Å². The molecule has 0 atom stereocenters. The van der Waals surface area contributed by atoms with Crippen LogP contribution >= 0.6 is 0 Å². The van der Waals surface area contributed by atoms with Crippen molar-refractivity contribution in [2.24, 2.45) is 0 Å². The van der Waals surface area contributed by atoms with Crippen LogP contribution in [0.1, 0.15) is 33.7 Å². The van der Waals surface area contributed by atoms with Gasteiger partial charge < -0.3 is 15.2 Å². The first-order chi connectivity index (χ1) is 13.0. The zero-order chi connectivity index (χ0) is 19.0. The van der Waals surface area contributed by atoms with Gasteiger partial charge in [-0.1, -0.05) is 18.2 Å². The predicted octanol–water partition coefficient (Wildman–Crippen LogP) is 4.23. The molecule has 136 valence electrons. The molecule has 1 aliphatic heterocycles. The lowest BCUT2D eigenvalue weighted by Gasteiger charge is -2.17. The van der Waals surface area contributed by atoms with Gasteiger partial charge in [-0.25, -0.2) is 0 Å². The van der Waals surface area contributed by atoms with Crippen molar-refractivity contribution in [3.8, 4) is 5.69 Å². The smallest absolute Gasteiger partial charge is 0.257 e. The highest BCUT2D eigenvalue weighted by Gasteiger charge is 2.18. The minimum atomic E-state index is -0.134. The van der Waals surface area contributed by atoms with E-state index in [1.807, 2.05) is 68.4 Å². The van der Waals surface area contributed by atoms with Crippen LogP contribution in [0, 0.1) is 13.8 Å². The van der Waals surface area contributed by atoms with E-state index in [4.69, 9.17) is 0 Å². The molecular weight excluding hydrogens is 338 g/mol. The monoisotopic (exact) mass is 359 g/mol. The Balaban J connectivity index is 1.60. The largest absolute Gasteiger partial charge is 0.326 e. The second-order valence-corrected chi connectivity index (χ2v) is 6.83. The minimum Gasteiger partial charge on any atom is -0.326 e. The molecule has 2 amide bonds. The van der Waals surface area contributed by atoms with Gasteiger partial charge in [0.2, 0.25) is 5.91 Å². The third kappa shape index (κ3) is 3.24. The number of aryl methyl sites for hydroxylation is 2. The first kappa shape index (κ1) is 17.1. The van der Waals surface area contributed by atoms with Gasteiger partial charge in [0.25, 0.3) is 5.91 Å². The van der Waals surface area contributed by atoms with E-state index in [0.29, 0.717) is 18.4 Å². The van der Waals surface area contributed by atoms with Crippen LogP contribution in [0.25, 0.3) is 5.69 Å². The molecule has 5 nitrogen and oxygen atoms in total. The SMILES string of the molecule is Cc1cc(C(=O)Nc2ccc3c(c2)CCC(=O)N3)c(C)n1-c1ccccc1. The van der Waals surface area contributed by atoms with Crippen LogP contribution in [0.2, 0.25) is 0 Å². The van der Waals surface area contributed by atoms with Crippen molar-refractivity contribution < 1.29 is 9.59 Å². The van der Waals surface area contributed by atoms with Crippen molar-refractivity contribution in [1.29, 1.82) is 0 Å². The molecule has 5 heteroatoms. The van der Waals surface area contributed by atoms with Crippen molar-refractivity contribution in [1.82, 2.24) is 4.57 Å². The normalized spacial score (nSPS) is 13.0. The zero-order valence-corrected chi connectivity index (χ0v) is 15.4. The maximum Gasteiger partial charge on any atom is 0.257 e. The molecule has 2 aromatic carbocycles. The molecule has 0 spiro atoms. The van der Waals surface area contributed by atoms with Gasteiger partial charge >= 0.3 is 0 Å². The number of para-hydroxylation sites is 1. The molecule has 0 bridgehead atoms. The number of hydrogen-bond acceptors (Lipinski definition) is 2. The number of aromatic nitrogens is 1. The summed E-state index contributed by atoms with van der Waals surface area (Å²) in [5, 5.41) is 5.84. The molecule has 27 heavy (non-hydrogen) atoms. The van der Waals surface area contributed by atoms with E-state index in [0.717, 1.165) is 34.0 Å². The summed E-state index contributed by atoms with van der Waals surface area (Å²) in [7, 11) is 0. The number of fused-ring (bicyclic) bond motifs is 1. The number of nitrogens with one attached hydrogen (secondary N) is 2. The van der Waals surface area contributed by atoms with E-state index in [1.165, 1.54) is 0 Å². The molecule has 1 aliphatic rings. The molecule has 2 N–H and O–H groups in total. The Kier molecular flexibility index (Phi) is 4.28. The Labute approximate surface area is 158 Å². The molecule has 4 rings (SSSR count). The number of rotatable bonds is 3. The summed E-state index contributed by atoms with van der Waals surface area (Å²) < 4.78 is 2.08. The molecule has 3 aromatic rings. The number of amides is 2. The average Bonchev–Trinajstić information content (AvgIpc) is 2.97. The summed E-state index contributed by atoms with van der Waals surface area (Å²) >= 11 is 0. The molecular formula is C22H21N3O2. The quantitative estimate of drug-likeness (QED) is 0.735. The Bertz CT molecular complexity index is 1040. The molecule has 0 unspecified atom stereocenters. The van der Waals surface area contributed by atoms with E-state index in [2.05, 4.69) is 15.2 Å². The lowest BCUT2D eigenvalue weighted by Crippen LogP contribution is -2.19. The molecule has 0 radical (unpaired) electrons. The van der Waals surface area contributed by atoms with Gasteiger partial charge in [-0.2, -0.15) is 0 Å². The molecule has 0 aliphatic carbocycles. The van der Waals surface area contributed by atoms with Gasteiger partial charge in [-0.15, -0.1) is 0 Å². The highest BCUT2D eigenvalue weighted by Crippen LogP contribution is 2.27. The van der Waals surface area contributed by atoms with Crippen molar-refractivity contribution in [3.63, 3.8) is 0 Å². The molecule has 0 saturated carbocycles. The molecule has 1 aromatic heterocycles. The van der Waals surface area contributed by atoms with E-state index in [1.54, 1.807) is 0 Å². The van der Waals surface area contributed by atoms with Gasteiger partial charge in [0.15, 0.2) is 0 Å². The van der Waals surface area contributed by atoms with Crippen molar-refractivity contribution >= 4 is 23.2 Å². The minimum absolute atomic E-state index is 0.0348. The Morgan fingerprint density at radius 2 is 1.81 bits per heavy atom. The van der Waals surface area contributed by atoms with Crippen molar-refractivity contribution in [3.05, 3.63) is 77.1 Å².